The van der Waals surface area contributed by atoms with Gasteiger partial charge >= 0.3 is 0 Å². The quantitative estimate of drug-likeness (QED) is 0.702. The second-order valence-corrected chi connectivity index (χ2v) is 6.15. The average molecular weight is 321 g/mol. The van der Waals surface area contributed by atoms with E-state index in [4.69, 9.17) is 0 Å². The molecule has 0 saturated heterocycles. The fourth-order valence-electron chi connectivity index (χ4n) is 2.74. The highest BCUT2D eigenvalue weighted by Crippen LogP contribution is 2.56. The summed E-state index contributed by atoms with van der Waals surface area (Å²) in [6, 6.07) is 0. The summed E-state index contributed by atoms with van der Waals surface area (Å²) < 4.78 is 4.54. The van der Waals surface area contributed by atoms with Crippen LogP contribution in [0.4, 0.5) is 0 Å². The van der Waals surface area contributed by atoms with Gasteiger partial charge in [-0.3, -0.25) is 4.79 Å². The van der Waals surface area contributed by atoms with Crippen LogP contribution in [-0.2, 0) is 19.1 Å². The maximum absolute atomic E-state index is 12.3. The molecule has 0 aromatic carbocycles. The van der Waals surface area contributed by atoms with Gasteiger partial charge in [0, 0.05) is 38.6 Å². The van der Waals surface area contributed by atoms with Gasteiger partial charge in [-0.2, -0.15) is 0 Å². The minimum absolute atomic E-state index is 0.119. The summed E-state index contributed by atoms with van der Waals surface area (Å²) in [4.78, 5) is 35.8. The predicted molar refractivity (Wildman–Crippen MR) is 88.9 cm³/mol. The van der Waals surface area contributed by atoms with Gasteiger partial charge in [-0.1, -0.05) is 25.2 Å². The van der Waals surface area contributed by atoms with E-state index in [2.05, 4.69) is 16.9 Å². The third kappa shape index (κ3) is 4.61. The third-order valence-corrected chi connectivity index (χ3v) is 4.46. The number of hydrogen-bond donors (Lipinski definition) is 0. The van der Waals surface area contributed by atoms with Gasteiger partial charge in [-0.05, 0) is 25.3 Å². The fraction of sp³-hybridized carbons (Fsp3) is 0.611. The Bertz CT molecular complexity index is 495. The van der Waals surface area contributed by atoms with Crippen LogP contribution in [0.25, 0.3) is 0 Å². The monoisotopic (exact) mass is 321 g/mol. The van der Waals surface area contributed by atoms with Gasteiger partial charge in [0.25, 0.3) is 0 Å². The van der Waals surface area contributed by atoms with Gasteiger partial charge in [0.15, 0.2) is 0 Å². The molecule has 128 valence electrons. The van der Waals surface area contributed by atoms with E-state index in [1.165, 1.54) is 0 Å². The van der Waals surface area contributed by atoms with Gasteiger partial charge in [0.1, 0.15) is 12.6 Å². The lowest BCUT2D eigenvalue weighted by Gasteiger charge is -2.19. The first-order valence-electron chi connectivity index (χ1n) is 7.97. The molecule has 2 aliphatic rings. The van der Waals surface area contributed by atoms with Gasteiger partial charge in [-0.25, -0.2) is 0 Å². The Kier molecular flexibility index (Phi) is 7.36. The molecule has 5 nitrogen and oxygen atoms in total. The van der Waals surface area contributed by atoms with Crippen LogP contribution in [0.3, 0.4) is 0 Å². The lowest BCUT2D eigenvalue weighted by Crippen LogP contribution is -2.31. The van der Waals surface area contributed by atoms with Crippen molar-refractivity contribution in [1.29, 1.82) is 0 Å². The summed E-state index contributed by atoms with van der Waals surface area (Å²) in [5, 5.41) is 0. The maximum Gasteiger partial charge on any atom is 0.227 e. The molecule has 0 radical (unpaired) electrons. The number of methoxy groups -OCH3 is 1. The number of likely N-dealkylation sites (N-methyl/N-ethyl adjacent to an activating group) is 1. The summed E-state index contributed by atoms with van der Waals surface area (Å²) >= 11 is 0. The Morgan fingerprint density at radius 2 is 2.09 bits per heavy atom. The zero-order valence-corrected chi connectivity index (χ0v) is 14.5. The highest BCUT2D eigenvalue weighted by atomic mass is 16.5. The minimum atomic E-state index is -0.802. The second-order valence-electron chi connectivity index (χ2n) is 6.15. The molecule has 3 atom stereocenters. The Labute approximate surface area is 138 Å². The first-order chi connectivity index (χ1) is 11.0. The zero-order valence-electron chi connectivity index (χ0n) is 14.5. The number of nitrogens with zero attached hydrogens (tertiary/aromatic N) is 1. The molecule has 2 aliphatic carbocycles. The number of amides is 1. The van der Waals surface area contributed by atoms with Crippen molar-refractivity contribution in [3.05, 3.63) is 23.8 Å². The van der Waals surface area contributed by atoms with E-state index in [1.54, 1.807) is 26.0 Å². The molecule has 1 fully saturated rings. The molecule has 0 spiro atoms. The maximum atomic E-state index is 12.3. The molecule has 3 unspecified atom stereocenters. The number of ether oxygens (including phenoxy) is 1. The molecule has 23 heavy (non-hydrogen) atoms. The van der Waals surface area contributed by atoms with Crippen molar-refractivity contribution in [1.82, 2.24) is 4.90 Å². The average Bonchev–Trinajstić information content (AvgIpc) is 3.20. The van der Waals surface area contributed by atoms with Crippen LogP contribution in [0.1, 0.15) is 26.7 Å². The molecule has 1 amide bonds. The van der Waals surface area contributed by atoms with Crippen LogP contribution in [0.15, 0.2) is 23.8 Å². The van der Waals surface area contributed by atoms with Crippen molar-refractivity contribution in [3.8, 4) is 0 Å². The molecule has 1 saturated carbocycles. The van der Waals surface area contributed by atoms with E-state index < -0.39 is 17.3 Å². The second kappa shape index (κ2) is 8.77. The van der Waals surface area contributed by atoms with Crippen LogP contribution in [0, 0.1) is 17.3 Å². The van der Waals surface area contributed by atoms with E-state index in [9.17, 15) is 14.4 Å². The number of carbonyl (C=O) groups is 3. The van der Waals surface area contributed by atoms with Crippen molar-refractivity contribution in [3.63, 3.8) is 0 Å². The molecule has 0 aliphatic heterocycles. The number of allylic oxidation sites excluding steroid dienone is 2. The summed E-state index contributed by atoms with van der Waals surface area (Å²) in [6.07, 6.45) is 9.74. The zero-order chi connectivity index (χ0) is 17.5. The van der Waals surface area contributed by atoms with Crippen molar-refractivity contribution in [2.75, 3.05) is 27.3 Å². The Hall–Kier alpha value is -1.75. The molecule has 2 rings (SSSR count). The number of rotatable bonds is 6. The van der Waals surface area contributed by atoms with E-state index in [0.717, 1.165) is 37.6 Å². The van der Waals surface area contributed by atoms with Gasteiger partial charge in [-0.15, -0.1) is 0 Å². The van der Waals surface area contributed by atoms with Crippen molar-refractivity contribution in [2.24, 2.45) is 17.3 Å². The number of hydrogen-bond acceptors (Lipinski definition) is 4. The predicted octanol–water partition coefficient (Wildman–Crippen LogP) is 2.02. The molecule has 5 heteroatoms. The Morgan fingerprint density at radius 3 is 2.48 bits per heavy atom. The summed E-state index contributed by atoms with van der Waals surface area (Å²) in [5.74, 6) is -1.07. The normalized spacial score (nSPS) is 28.1. The first-order valence-corrected chi connectivity index (χ1v) is 7.97. The van der Waals surface area contributed by atoms with E-state index in [0.29, 0.717) is 6.54 Å². The Morgan fingerprint density at radius 1 is 1.43 bits per heavy atom. The SMILES string of the molecule is CCOC.CN(CC1=CCCC=C1)C(=O)C1C(C=O)C1(C)C=O. The fourth-order valence-corrected chi connectivity index (χ4v) is 2.74. The van der Waals surface area contributed by atoms with Crippen molar-refractivity contribution < 1.29 is 19.1 Å². The lowest BCUT2D eigenvalue weighted by atomic mass is 10.1. The first kappa shape index (κ1) is 19.3. The smallest absolute Gasteiger partial charge is 0.227 e. The van der Waals surface area contributed by atoms with Gasteiger partial charge < -0.3 is 19.2 Å². The largest absolute Gasteiger partial charge is 0.385 e. The lowest BCUT2D eigenvalue weighted by molar-refractivity contribution is -0.133. The summed E-state index contributed by atoms with van der Waals surface area (Å²) in [7, 11) is 3.40. The molecular weight excluding hydrogens is 294 g/mol. The highest BCUT2D eigenvalue weighted by molar-refractivity contribution is 5.94. The molecule has 0 aromatic rings. The van der Waals surface area contributed by atoms with Crippen LogP contribution in [-0.4, -0.2) is 50.7 Å². The molecular formula is C18H27NO4. The van der Waals surface area contributed by atoms with Gasteiger partial charge in [0.05, 0.1) is 5.92 Å². The number of aldehydes is 2. The van der Waals surface area contributed by atoms with E-state index >= 15 is 0 Å². The number of carbonyl (C=O) groups excluding carboxylic acids is 3. The van der Waals surface area contributed by atoms with Crippen LogP contribution in [0.2, 0.25) is 0 Å². The third-order valence-electron chi connectivity index (χ3n) is 4.46. The van der Waals surface area contributed by atoms with E-state index in [-0.39, 0.29) is 5.91 Å². The highest BCUT2D eigenvalue weighted by Gasteiger charge is 2.65. The van der Waals surface area contributed by atoms with E-state index in [1.807, 2.05) is 13.0 Å². The minimum Gasteiger partial charge on any atom is -0.385 e. The van der Waals surface area contributed by atoms with Gasteiger partial charge in [0.2, 0.25) is 5.91 Å². The van der Waals surface area contributed by atoms with Crippen LogP contribution < -0.4 is 0 Å². The summed E-state index contributed by atoms with van der Waals surface area (Å²) in [5.41, 5.74) is 0.308. The molecule has 0 N–H and O–H groups in total. The summed E-state index contributed by atoms with van der Waals surface area (Å²) in [6.45, 7) is 4.99. The Balaban J connectivity index is 0.000000593. The van der Waals surface area contributed by atoms with Crippen LogP contribution >= 0.6 is 0 Å². The van der Waals surface area contributed by atoms with Crippen molar-refractivity contribution >= 4 is 18.5 Å². The topological polar surface area (TPSA) is 63.7 Å². The standard InChI is InChI=1S/C15H19NO3.C3H8O/c1-15(10-18)12(9-17)13(15)14(19)16(2)8-11-6-4-3-5-7-11;1-3-4-2/h4,6-7,9-10,12-13H,3,5,8H2,1-2H3;3H2,1-2H3. The van der Waals surface area contributed by atoms with Crippen molar-refractivity contribution in [2.45, 2.75) is 26.7 Å². The molecule has 0 bridgehead atoms. The van der Waals surface area contributed by atoms with Crippen LogP contribution in [0.5, 0.6) is 0 Å². The molecule has 0 aromatic heterocycles. The molecule has 0 heterocycles.